The minimum atomic E-state index is -0.961. The molecule has 3 aromatic carbocycles. The fraction of sp³-hybridized carbons (Fsp3) is 0.133. The summed E-state index contributed by atoms with van der Waals surface area (Å²) in [5, 5.41) is 1.70. The smallest absolute Gasteiger partial charge is 0.338 e. The van der Waals surface area contributed by atoms with Crippen LogP contribution < -0.4 is 11.2 Å². The van der Waals surface area contributed by atoms with Crippen LogP contribution in [0.2, 0.25) is 0 Å². The lowest BCUT2D eigenvalue weighted by atomic mass is 10.1. The number of benzene rings is 3. The van der Waals surface area contributed by atoms with E-state index in [4.69, 9.17) is 14.2 Å². The van der Waals surface area contributed by atoms with Crippen LogP contribution in [0.15, 0.2) is 99.9 Å². The van der Waals surface area contributed by atoms with Crippen molar-refractivity contribution >= 4 is 33.5 Å². The van der Waals surface area contributed by atoms with Crippen molar-refractivity contribution in [1.29, 1.82) is 0 Å². The Labute approximate surface area is 236 Å². The molecule has 11 heteroatoms. The first-order valence-corrected chi connectivity index (χ1v) is 13.3. The van der Waals surface area contributed by atoms with E-state index in [2.05, 4.69) is 4.98 Å². The van der Waals surface area contributed by atoms with Crippen molar-refractivity contribution in [2.45, 2.75) is 12.8 Å². The van der Waals surface area contributed by atoms with Gasteiger partial charge in [0.25, 0.3) is 5.56 Å². The molecule has 0 saturated heterocycles. The molecule has 5 rings (SSSR count). The van der Waals surface area contributed by atoms with Gasteiger partial charge in [0.2, 0.25) is 0 Å². The molecule has 0 aliphatic carbocycles. The summed E-state index contributed by atoms with van der Waals surface area (Å²) >= 11 is 1.13. The second-order valence-corrected chi connectivity index (χ2v) is 9.75. The van der Waals surface area contributed by atoms with Gasteiger partial charge in [-0.3, -0.25) is 14.3 Å². The Morgan fingerprint density at radius 2 is 1.39 bits per heavy atom. The van der Waals surface area contributed by atoms with Crippen molar-refractivity contribution in [2.24, 2.45) is 0 Å². The number of aromatic amines is 1. The molecule has 0 amide bonds. The molecule has 5 aromatic rings. The van der Waals surface area contributed by atoms with E-state index >= 15 is 0 Å². The number of ether oxygens (including phenoxy) is 3. The highest BCUT2D eigenvalue weighted by atomic mass is 32.1. The molecule has 0 bridgehead atoms. The van der Waals surface area contributed by atoms with Crippen LogP contribution in [-0.4, -0.2) is 40.8 Å². The molecule has 9 nitrogen and oxygen atoms in total. The summed E-state index contributed by atoms with van der Waals surface area (Å²) < 4.78 is 31.8. The highest BCUT2D eigenvalue weighted by Crippen LogP contribution is 2.31. The maximum Gasteiger partial charge on any atom is 0.338 e. The van der Waals surface area contributed by atoms with Crippen molar-refractivity contribution in [1.82, 2.24) is 9.55 Å². The summed E-state index contributed by atoms with van der Waals surface area (Å²) in [4.78, 5) is 52.8. The minimum absolute atomic E-state index is 0.273. The molecule has 1 N–H and O–H groups in total. The number of aromatic nitrogens is 2. The molecular weight excluding hydrogens is 551 g/mol. The molecule has 0 radical (unpaired) electrons. The number of rotatable bonds is 10. The van der Waals surface area contributed by atoms with Gasteiger partial charge >= 0.3 is 17.6 Å². The highest BCUT2D eigenvalue weighted by Gasteiger charge is 2.20. The van der Waals surface area contributed by atoms with E-state index < -0.39 is 35.1 Å². The van der Waals surface area contributed by atoms with Crippen molar-refractivity contribution in [3.05, 3.63) is 128 Å². The van der Waals surface area contributed by atoms with E-state index in [9.17, 15) is 23.6 Å². The number of carbonyl (C=O) groups is 2. The number of H-pyrrole nitrogens is 1. The second kappa shape index (κ2) is 12.5. The zero-order chi connectivity index (χ0) is 28.8. The van der Waals surface area contributed by atoms with Gasteiger partial charge in [0.15, 0.2) is 0 Å². The largest absolute Gasteiger partial charge is 0.459 e. The Kier molecular flexibility index (Phi) is 8.47. The van der Waals surface area contributed by atoms with E-state index in [0.717, 1.165) is 11.3 Å². The summed E-state index contributed by atoms with van der Waals surface area (Å²) in [6, 6.07) is 22.3. The van der Waals surface area contributed by atoms with Crippen LogP contribution in [0.25, 0.3) is 21.3 Å². The zero-order valence-corrected chi connectivity index (χ0v) is 22.3. The van der Waals surface area contributed by atoms with Crippen LogP contribution in [0.4, 0.5) is 4.39 Å². The molecule has 2 heterocycles. The number of fused-ring (bicyclic) bond motifs is 1. The number of thiophene rings is 1. The third-order valence-corrected chi connectivity index (χ3v) is 7.09. The first kappa shape index (κ1) is 27.7. The predicted octanol–water partition coefficient (Wildman–Crippen LogP) is 4.61. The van der Waals surface area contributed by atoms with Crippen LogP contribution in [-0.2, 0) is 20.9 Å². The number of hydrogen-bond acceptors (Lipinski definition) is 8. The van der Waals surface area contributed by atoms with Gasteiger partial charge in [-0.25, -0.2) is 18.8 Å². The summed E-state index contributed by atoms with van der Waals surface area (Å²) in [5.74, 6) is -1.63. The number of carbonyl (C=O) groups excluding carboxylic acids is 2. The number of nitrogens with one attached hydrogen (secondary N) is 1. The monoisotopic (exact) mass is 574 g/mol. The molecule has 0 saturated carbocycles. The van der Waals surface area contributed by atoms with Gasteiger partial charge in [-0.05, 0) is 42.0 Å². The molecule has 0 unspecified atom stereocenters. The SMILES string of the molecule is O=C(OCC(COC(=O)c1ccccc1)OCn1c(=O)[nH]c(=O)c2scc(-c3ccc(F)cc3)c21)c1ccccc1. The third kappa shape index (κ3) is 6.48. The Balaban J connectivity index is 1.40. The van der Waals surface area contributed by atoms with Crippen LogP contribution in [0.1, 0.15) is 20.7 Å². The van der Waals surface area contributed by atoms with Gasteiger partial charge in [-0.2, -0.15) is 0 Å². The Hall–Kier alpha value is -4.87. The number of halogens is 1. The average molecular weight is 575 g/mol. The van der Waals surface area contributed by atoms with E-state index in [1.807, 2.05) is 0 Å². The molecule has 208 valence electrons. The van der Waals surface area contributed by atoms with E-state index in [1.54, 1.807) is 78.2 Å². The van der Waals surface area contributed by atoms with Gasteiger partial charge in [0.1, 0.15) is 36.6 Å². The molecule has 0 aliphatic heterocycles. The standard InChI is InChI=1S/C30H23FN2O7S/c31-22-13-11-19(12-14-22)24-17-41-26-25(24)33(30(37)32-27(26)34)18-40-23(15-38-28(35)20-7-3-1-4-8-20)16-39-29(36)21-9-5-2-6-10-21/h1-14,17,23H,15-16,18H2,(H,32,34,37). The zero-order valence-electron chi connectivity index (χ0n) is 21.5. The molecule has 41 heavy (non-hydrogen) atoms. The highest BCUT2D eigenvalue weighted by molar-refractivity contribution is 7.17. The summed E-state index contributed by atoms with van der Waals surface area (Å²) in [7, 11) is 0. The minimum Gasteiger partial charge on any atom is -0.459 e. The maximum absolute atomic E-state index is 13.5. The molecule has 0 atom stereocenters. The Morgan fingerprint density at radius 3 is 1.95 bits per heavy atom. The number of hydrogen-bond donors (Lipinski definition) is 1. The van der Waals surface area contributed by atoms with Gasteiger partial charge in [0.05, 0.1) is 16.6 Å². The van der Waals surface area contributed by atoms with E-state index in [0.29, 0.717) is 27.8 Å². The molecular formula is C30H23FN2O7S. The molecule has 2 aromatic heterocycles. The summed E-state index contributed by atoms with van der Waals surface area (Å²) in [5.41, 5.74) is 0.800. The quantitative estimate of drug-likeness (QED) is 0.242. The number of nitrogens with zero attached hydrogens (tertiary/aromatic N) is 1. The van der Waals surface area contributed by atoms with Crippen LogP contribution in [0, 0.1) is 5.82 Å². The number of esters is 2. The molecule has 0 aliphatic rings. The fourth-order valence-corrected chi connectivity index (χ4v) is 5.01. The van der Waals surface area contributed by atoms with Crippen LogP contribution in [0.5, 0.6) is 0 Å². The van der Waals surface area contributed by atoms with Gasteiger partial charge < -0.3 is 14.2 Å². The second-order valence-electron chi connectivity index (χ2n) is 8.87. The van der Waals surface area contributed by atoms with Crippen LogP contribution >= 0.6 is 11.3 Å². The molecule has 0 fully saturated rings. The lowest BCUT2D eigenvalue weighted by molar-refractivity contribution is -0.0624. The lowest BCUT2D eigenvalue weighted by Crippen LogP contribution is -2.34. The van der Waals surface area contributed by atoms with E-state index in [1.165, 1.54) is 16.7 Å². The predicted molar refractivity (Wildman–Crippen MR) is 150 cm³/mol. The summed E-state index contributed by atoms with van der Waals surface area (Å²) in [6.07, 6.45) is -0.961. The third-order valence-electron chi connectivity index (χ3n) is 6.12. The Bertz CT molecular complexity index is 1730. The van der Waals surface area contributed by atoms with Crippen molar-refractivity contribution in [3.8, 4) is 11.1 Å². The Morgan fingerprint density at radius 1 is 0.829 bits per heavy atom. The van der Waals surface area contributed by atoms with Crippen molar-refractivity contribution in [3.63, 3.8) is 0 Å². The van der Waals surface area contributed by atoms with E-state index in [-0.39, 0.29) is 24.6 Å². The van der Waals surface area contributed by atoms with Crippen molar-refractivity contribution < 1.29 is 28.2 Å². The van der Waals surface area contributed by atoms with Gasteiger partial charge in [-0.1, -0.05) is 48.5 Å². The fourth-order valence-electron chi connectivity index (χ4n) is 4.04. The average Bonchev–Trinajstić information content (AvgIpc) is 3.44. The van der Waals surface area contributed by atoms with Gasteiger partial charge in [0, 0.05) is 10.9 Å². The maximum atomic E-state index is 13.5. The van der Waals surface area contributed by atoms with Crippen LogP contribution in [0.3, 0.4) is 0 Å². The molecule has 0 spiro atoms. The first-order valence-electron chi connectivity index (χ1n) is 12.5. The lowest BCUT2D eigenvalue weighted by Gasteiger charge is -2.19. The topological polar surface area (TPSA) is 117 Å². The van der Waals surface area contributed by atoms with Gasteiger partial charge in [-0.15, -0.1) is 11.3 Å². The first-order chi connectivity index (χ1) is 19.9. The van der Waals surface area contributed by atoms with Crippen molar-refractivity contribution in [2.75, 3.05) is 13.2 Å². The summed E-state index contributed by atoms with van der Waals surface area (Å²) in [6.45, 7) is -0.940. The normalized spacial score (nSPS) is 11.1.